The molecule has 0 atom stereocenters. The van der Waals surface area contributed by atoms with Crippen LogP contribution in [0.3, 0.4) is 0 Å². The van der Waals surface area contributed by atoms with Crippen molar-refractivity contribution >= 4 is 65.6 Å². The molecule has 0 spiro atoms. The molecule has 27 heavy (non-hydrogen) atoms. The van der Waals surface area contributed by atoms with E-state index >= 15 is 0 Å². The molecule has 0 fully saturated rings. The Hall–Kier alpha value is 0.150. The Morgan fingerprint density at radius 2 is 1.37 bits per heavy atom. The highest BCUT2D eigenvalue weighted by atomic mass is 32.2. The van der Waals surface area contributed by atoms with Crippen LogP contribution in [-0.2, 0) is 42.6 Å². The summed E-state index contributed by atoms with van der Waals surface area (Å²) < 4.78 is 119. The molecule has 0 amide bonds. The lowest BCUT2D eigenvalue weighted by Crippen LogP contribution is -2.21. The summed E-state index contributed by atoms with van der Waals surface area (Å²) in [6, 6.07) is 0. The van der Waals surface area contributed by atoms with Crippen molar-refractivity contribution in [3.63, 3.8) is 0 Å². The average molecular weight is 521 g/mol. The predicted octanol–water partition coefficient (Wildman–Crippen LogP) is 3.18. The van der Waals surface area contributed by atoms with E-state index in [0.717, 1.165) is 0 Å². The highest BCUT2D eigenvalue weighted by Gasteiger charge is 2.38. The number of fused-ring (bicyclic) bond motifs is 1. The first-order valence-corrected chi connectivity index (χ1v) is 13.6. The van der Waals surface area contributed by atoms with E-state index in [1.165, 1.54) is 15.0 Å². The molecule has 0 saturated carbocycles. The Labute approximate surface area is 165 Å². The van der Waals surface area contributed by atoms with Gasteiger partial charge in [-0.15, -0.1) is 0 Å². The molecule has 0 bridgehead atoms. The summed E-state index contributed by atoms with van der Waals surface area (Å²) in [7, 11) is -11.5. The second kappa shape index (κ2) is 9.77. The summed E-state index contributed by atoms with van der Waals surface area (Å²) >= 11 is 5.92. The van der Waals surface area contributed by atoms with Crippen molar-refractivity contribution in [2.24, 2.45) is 0 Å². The minimum atomic E-state index is -6.09. The molecule has 1 aliphatic rings. The van der Waals surface area contributed by atoms with E-state index in [1.54, 1.807) is 9.75 Å². The standard InChI is InChI=1S/C7H10S4.2CHF3O3S/c1-8-7-9-5-3-11(2)4-6(5)10-7;2*2-1(3,4)8(5,6)7/h3-4H2,1-2H3;2*(H,5,6,7)/q+2;;/p-2. The van der Waals surface area contributed by atoms with Crippen LogP contribution in [0.25, 0.3) is 0 Å². The van der Waals surface area contributed by atoms with Crippen LogP contribution in [0.4, 0.5) is 26.3 Å². The average Bonchev–Trinajstić information content (AvgIpc) is 2.91. The zero-order chi connectivity index (χ0) is 21.8. The van der Waals surface area contributed by atoms with Gasteiger partial charge in [0.15, 0.2) is 41.5 Å². The van der Waals surface area contributed by atoms with Gasteiger partial charge >= 0.3 is 14.5 Å². The van der Waals surface area contributed by atoms with Gasteiger partial charge in [0.25, 0.3) is 0 Å². The highest BCUT2D eigenvalue weighted by Crippen LogP contribution is 2.41. The van der Waals surface area contributed by atoms with Gasteiger partial charge < -0.3 is 9.11 Å². The molecular weight excluding hydrogens is 510 g/mol. The zero-order valence-electron chi connectivity index (χ0n) is 13.1. The van der Waals surface area contributed by atoms with Crippen LogP contribution < -0.4 is 0 Å². The smallest absolute Gasteiger partial charge is 0.485 e. The van der Waals surface area contributed by atoms with Crippen molar-refractivity contribution in [3.8, 4) is 0 Å². The van der Waals surface area contributed by atoms with Gasteiger partial charge in [-0.3, -0.25) is 0 Å². The van der Waals surface area contributed by atoms with Gasteiger partial charge in [0.1, 0.15) is 22.7 Å². The van der Waals surface area contributed by atoms with E-state index < -0.39 is 31.3 Å². The first kappa shape index (κ1) is 27.1. The molecule has 160 valence electrons. The molecule has 1 aliphatic heterocycles. The van der Waals surface area contributed by atoms with Crippen LogP contribution in [-0.4, -0.2) is 49.5 Å². The minimum Gasteiger partial charge on any atom is -0.741 e. The van der Waals surface area contributed by atoms with Crippen molar-refractivity contribution in [1.29, 1.82) is 0 Å². The Kier molecular flexibility index (Phi) is 9.82. The lowest BCUT2D eigenvalue weighted by Gasteiger charge is -2.08. The molecule has 0 N–H and O–H groups in total. The Morgan fingerprint density at radius 3 is 1.63 bits per heavy atom. The SMILES string of the molecule is CSc1sc2c([s+]1)C[S+](C)C2.O=S(=O)([O-])C(F)(F)F.O=S(=O)([O-])C(F)(F)F. The number of alkyl halides is 6. The predicted molar refractivity (Wildman–Crippen MR) is 90.6 cm³/mol. The topological polar surface area (TPSA) is 114 Å². The van der Waals surface area contributed by atoms with E-state index in [4.69, 9.17) is 25.9 Å². The molecule has 2 rings (SSSR count). The molecule has 0 aliphatic carbocycles. The maximum absolute atomic E-state index is 10.7. The van der Waals surface area contributed by atoms with Crippen molar-refractivity contribution < 1.29 is 52.3 Å². The largest absolute Gasteiger partial charge is 0.741 e. The third-order valence-corrected chi connectivity index (χ3v) is 9.35. The summed E-state index contributed by atoms with van der Waals surface area (Å²) in [6.45, 7) is 0. The Balaban J connectivity index is 0.000000387. The number of hydrogen-bond acceptors (Lipinski definition) is 8. The summed E-state index contributed by atoms with van der Waals surface area (Å²) in [5, 5.41) is 0. The number of rotatable bonds is 1. The second-order valence-electron chi connectivity index (χ2n) is 4.37. The fourth-order valence-corrected chi connectivity index (χ4v) is 7.41. The van der Waals surface area contributed by atoms with Gasteiger partial charge in [0.05, 0.1) is 6.26 Å². The molecular formula is C9H10F6O6S6. The number of hydrogen-bond donors (Lipinski definition) is 0. The molecule has 2 heterocycles. The van der Waals surface area contributed by atoms with E-state index in [1.807, 2.05) is 34.4 Å². The van der Waals surface area contributed by atoms with Gasteiger partial charge in [0.2, 0.25) is 0 Å². The summed E-state index contributed by atoms with van der Waals surface area (Å²) in [4.78, 5) is 3.34. The van der Waals surface area contributed by atoms with Crippen molar-refractivity contribution in [2.75, 3.05) is 12.5 Å². The highest BCUT2D eigenvalue weighted by molar-refractivity contribution is 8.02. The first-order valence-electron chi connectivity index (χ1n) is 5.91. The van der Waals surface area contributed by atoms with Crippen LogP contribution in [0, 0.1) is 0 Å². The van der Waals surface area contributed by atoms with Crippen LogP contribution in [0.5, 0.6) is 0 Å². The van der Waals surface area contributed by atoms with Crippen LogP contribution in [0.2, 0.25) is 0 Å². The second-order valence-corrected chi connectivity index (χ2v) is 13.1. The van der Waals surface area contributed by atoms with Crippen molar-refractivity contribution in [1.82, 2.24) is 0 Å². The number of halogens is 6. The van der Waals surface area contributed by atoms with E-state index in [9.17, 15) is 26.3 Å². The molecule has 0 radical (unpaired) electrons. The van der Waals surface area contributed by atoms with Gasteiger partial charge in [-0.2, -0.15) is 26.3 Å². The van der Waals surface area contributed by atoms with Crippen LogP contribution in [0.15, 0.2) is 3.52 Å². The molecule has 0 aromatic carbocycles. The van der Waals surface area contributed by atoms with Gasteiger partial charge in [-0.05, 0) is 17.2 Å². The Bertz CT molecular complexity index is 761. The van der Waals surface area contributed by atoms with E-state index in [2.05, 4.69) is 12.5 Å². The fraction of sp³-hybridized carbons (Fsp3) is 0.667. The van der Waals surface area contributed by atoms with Crippen LogP contribution in [0.1, 0.15) is 9.75 Å². The minimum absolute atomic E-state index is 0.663. The van der Waals surface area contributed by atoms with Crippen molar-refractivity contribution in [2.45, 2.75) is 26.0 Å². The Morgan fingerprint density at radius 1 is 1.00 bits per heavy atom. The molecule has 1 aromatic heterocycles. The maximum Gasteiger partial charge on any atom is 0.485 e. The normalized spacial score (nSPS) is 17.3. The molecule has 0 unspecified atom stereocenters. The molecule has 6 nitrogen and oxygen atoms in total. The van der Waals surface area contributed by atoms with Gasteiger partial charge in [-0.25, -0.2) is 16.8 Å². The number of thioether (sulfide) groups is 1. The third-order valence-electron chi connectivity index (χ3n) is 2.21. The summed E-state index contributed by atoms with van der Waals surface area (Å²) in [6.07, 6.45) is 4.54. The van der Waals surface area contributed by atoms with E-state index in [0.29, 0.717) is 10.9 Å². The summed E-state index contributed by atoms with van der Waals surface area (Å²) in [5.41, 5.74) is -11.3. The van der Waals surface area contributed by atoms with Crippen LogP contribution >= 0.6 is 34.4 Å². The fourth-order valence-electron chi connectivity index (χ4n) is 1.14. The van der Waals surface area contributed by atoms with E-state index in [-0.39, 0.29) is 0 Å². The molecule has 0 saturated heterocycles. The third kappa shape index (κ3) is 9.46. The molecule has 18 heteroatoms. The quantitative estimate of drug-likeness (QED) is 0.184. The van der Waals surface area contributed by atoms with Crippen molar-refractivity contribution in [3.05, 3.63) is 9.75 Å². The van der Waals surface area contributed by atoms with Gasteiger partial charge in [0, 0.05) is 0 Å². The monoisotopic (exact) mass is 520 g/mol. The lowest BCUT2D eigenvalue weighted by atomic mass is 10.5. The zero-order valence-corrected chi connectivity index (χ0v) is 18.0. The maximum atomic E-state index is 10.7. The van der Waals surface area contributed by atoms with Gasteiger partial charge in [-0.1, -0.05) is 11.8 Å². The molecule has 1 aromatic rings. The first-order chi connectivity index (χ1) is 11.8. The summed E-state index contributed by atoms with van der Waals surface area (Å²) in [5.74, 6) is 2.72. The lowest BCUT2D eigenvalue weighted by molar-refractivity contribution is -0.0522.